The maximum absolute atomic E-state index is 12.9. The lowest BCUT2D eigenvalue weighted by molar-refractivity contribution is -0.147. The van der Waals surface area contributed by atoms with Crippen molar-refractivity contribution in [3.8, 4) is 0 Å². The van der Waals surface area contributed by atoms with Gasteiger partial charge in [-0.25, -0.2) is 4.98 Å². The molecule has 0 amide bonds. The number of carboxylic acid groups (broad SMARTS) is 1. The summed E-state index contributed by atoms with van der Waals surface area (Å²) in [7, 11) is 0. The number of para-hydroxylation sites is 1. The minimum Gasteiger partial charge on any atom is -0.481 e. The molecule has 206 valence electrons. The highest BCUT2D eigenvalue weighted by atomic mass is 16.4. The first-order valence-electron chi connectivity index (χ1n) is 13.3. The topological polar surface area (TPSA) is 108 Å². The van der Waals surface area contributed by atoms with E-state index in [1.165, 1.54) is 25.0 Å². The molecule has 0 saturated heterocycles. The molecule has 0 aliphatic rings. The molecule has 0 aliphatic heterocycles. The quantitative estimate of drug-likeness (QED) is 0.249. The van der Waals surface area contributed by atoms with Gasteiger partial charge >= 0.3 is 5.97 Å². The summed E-state index contributed by atoms with van der Waals surface area (Å²) in [6.45, 7) is 10.7. The average molecular weight is 522 g/mol. The first-order chi connectivity index (χ1) is 17.8. The first-order valence-corrected chi connectivity index (χ1v) is 13.3. The third-order valence-electron chi connectivity index (χ3n) is 7.23. The molecule has 3 N–H and O–H groups in total. The molecule has 1 heterocycles. The van der Waals surface area contributed by atoms with Crippen LogP contribution in [0.15, 0.2) is 65.8 Å². The van der Waals surface area contributed by atoms with Crippen molar-refractivity contribution in [2.45, 2.75) is 79.4 Å². The number of aromatic nitrogens is 1. The number of hydrogen-bond donors (Lipinski definition) is 3. The van der Waals surface area contributed by atoms with Gasteiger partial charge in [-0.15, -0.1) is 0 Å². The van der Waals surface area contributed by atoms with E-state index in [9.17, 15) is 19.8 Å². The second-order valence-electron chi connectivity index (χ2n) is 11.0. The third-order valence-corrected chi connectivity index (χ3v) is 7.23. The van der Waals surface area contributed by atoms with Crippen molar-refractivity contribution in [2.24, 2.45) is 17.3 Å². The summed E-state index contributed by atoms with van der Waals surface area (Å²) in [5, 5.41) is 31.0. The number of ketones is 1. The molecule has 0 radical (unpaired) electrons. The number of carboxylic acids is 1. The van der Waals surface area contributed by atoms with Gasteiger partial charge in [-0.05, 0) is 51.3 Å². The fourth-order valence-corrected chi connectivity index (χ4v) is 4.48. The van der Waals surface area contributed by atoms with Crippen LogP contribution in [0, 0.1) is 17.3 Å². The molecule has 6 heteroatoms. The normalized spacial score (nSPS) is 16.4. The van der Waals surface area contributed by atoms with Crippen molar-refractivity contribution in [1.82, 2.24) is 4.98 Å². The maximum Gasteiger partial charge on any atom is 0.306 e. The summed E-state index contributed by atoms with van der Waals surface area (Å²) >= 11 is 0. The van der Waals surface area contributed by atoms with Crippen LogP contribution in [0.1, 0.15) is 72.9 Å². The predicted octanol–water partition coefficient (Wildman–Crippen LogP) is 6.37. The molecule has 38 heavy (non-hydrogen) atoms. The Hall–Kier alpha value is -3.09. The molecule has 0 unspecified atom stereocenters. The maximum atomic E-state index is 12.9. The Morgan fingerprint density at radius 3 is 2.39 bits per heavy atom. The van der Waals surface area contributed by atoms with Gasteiger partial charge in [0.2, 0.25) is 0 Å². The van der Waals surface area contributed by atoms with E-state index in [1.807, 2.05) is 43.3 Å². The number of fused-ring (bicyclic) bond motifs is 1. The number of benzene rings is 1. The smallest absolute Gasteiger partial charge is 0.306 e. The summed E-state index contributed by atoms with van der Waals surface area (Å²) in [4.78, 5) is 28.6. The van der Waals surface area contributed by atoms with E-state index in [2.05, 4.69) is 38.1 Å². The Morgan fingerprint density at radius 2 is 1.71 bits per heavy atom. The number of aliphatic hydroxyl groups excluding tert-OH is 2. The molecule has 4 atom stereocenters. The lowest BCUT2D eigenvalue weighted by atomic mass is 9.73. The summed E-state index contributed by atoms with van der Waals surface area (Å²) in [5.41, 5.74) is 3.18. The number of rotatable bonds is 14. The van der Waals surface area contributed by atoms with Crippen molar-refractivity contribution in [1.29, 1.82) is 0 Å². The minimum absolute atomic E-state index is 0.270. The van der Waals surface area contributed by atoms with Crippen LogP contribution in [0.2, 0.25) is 0 Å². The Balaban J connectivity index is 1.86. The number of pyridine rings is 1. The van der Waals surface area contributed by atoms with E-state index in [0.29, 0.717) is 0 Å². The van der Waals surface area contributed by atoms with Gasteiger partial charge in [0, 0.05) is 17.2 Å². The molecule has 6 nitrogen and oxygen atoms in total. The summed E-state index contributed by atoms with van der Waals surface area (Å²) in [6, 6.07) is 12.2. The number of carbonyl (C=O) groups excluding carboxylic acids is 1. The van der Waals surface area contributed by atoms with Gasteiger partial charge in [0.15, 0.2) is 0 Å². The minimum atomic E-state index is -1.32. The lowest BCUT2D eigenvalue weighted by Crippen LogP contribution is -2.45. The van der Waals surface area contributed by atoms with Gasteiger partial charge in [-0.1, -0.05) is 81.3 Å². The fourth-order valence-electron chi connectivity index (χ4n) is 4.48. The second kappa shape index (κ2) is 14.2. The van der Waals surface area contributed by atoms with Crippen LogP contribution in [0.4, 0.5) is 0 Å². The van der Waals surface area contributed by atoms with Gasteiger partial charge < -0.3 is 15.3 Å². The largest absolute Gasteiger partial charge is 0.481 e. The number of aliphatic carboxylic acids is 1. The molecular formula is C32H43NO5. The highest BCUT2D eigenvalue weighted by Gasteiger charge is 2.41. The number of nitrogens with zero attached hydrogens (tertiary/aromatic N) is 1. The molecule has 0 bridgehead atoms. The lowest BCUT2D eigenvalue weighted by Gasteiger charge is -2.33. The zero-order valence-electron chi connectivity index (χ0n) is 23.5. The standard InChI is InChI=1S/C32H43NO5/c1-21(11-9-13-22(2)19-26-18-17-25-15-7-8-16-27(25)33-26)12-10-14-23(3)30(37)24(4)31(38)32(5,6)28(34)20-29(35)36/h7-8,10-11,14-19,23-24,28,30,34,37H,9,12-13,20H2,1-6H3,(H,35,36)/b14-10+,21-11-,22-19+/t23-,24+,28-,30-/m0/s1. The monoisotopic (exact) mass is 521 g/mol. The Labute approximate surface area is 226 Å². The predicted molar refractivity (Wildman–Crippen MR) is 154 cm³/mol. The number of Topliss-reactive ketones (excluding diaryl/α,β-unsaturated/α-hetero) is 1. The van der Waals surface area contributed by atoms with E-state index >= 15 is 0 Å². The van der Waals surface area contributed by atoms with Crippen LogP contribution in [0.25, 0.3) is 17.0 Å². The van der Waals surface area contributed by atoms with Crippen molar-refractivity contribution in [3.63, 3.8) is 0 Å². The van der Waals surface area contributed by atoms with Crippen LogP contribution < -0.4 is 0 Å². The number of carbonyl (C=O) groups is 2. The summed E-state index contributed by atoms with van der Waals surface area (Å²) in [5.74, 6) is -2.53. The molecule has 0 spiro atoms. The zero-order chi connectivity index (χ0) is 28.5. The van der Waals surface area contributed by atoms with Gasteiger partial charge in [0.1, 0.15) is 5.78 Å². The molecule has 2 aromatic rings. The molecule has 2 rings (SSSR count). The van der Waals surface area contributed by atoms with E-state index < -0.39 is 35.9 Å². The molecule has 1 aromatic carbocycles. The Kier molecular flexibility index (Phi) is 11.6. The second-order valence-corrected chi connectivity index (χ2v) is 11.0. The molecule has 0 fully saturated rings. The summed E-state index contributed by atoms with van der Waals surface area (Å²) in [6.07, 6.45) is 8.10. The van der Waals surface area contributed by atoms with E-state index in [0.717, 1.165) is 35.9 Å². The number of allylic oxidation sites excluding steroid dienone is 4. The van der Waals surface area contributed by atoms with Crippen LogP contribution in [-0.4, -0.2) is 44.3 Å². The van der Waals surface area contributed by atoms with Gasteiger partial charge in [0.05, 0.1) is 35.3 Å². The fraction of sp³-hybridized carbons (Fsp3) is 0.469. The van der Waals surface area contributed by atoms with Crippen LogP contribution >= 0.6 is 0 Å². The van der Waals surface area contributed by atoms with Crippen molar-refractivity contribution >= 4 is 28.7 Å². The highest BCUT2D eigenvalue weighted by molar-refractivity contribution is 5.87. The molecular weight excluding hydrogens is 478 g/mol. The summed E-state index contributed by atoms with van der Waals surface area (Å²) < 4.78 is 0. The van der Waals surface area contributed by atoms with Crippen molar-refractivity contribution in [2.75, 3.05) is 0 Å². The zero-order valence-corrected chi connectivity index (χ0v) is 23.5. The van der Waals surface area contributed by atoms with Crippen LogP contribution in [0.5, 0.6) is 0 Å². The van der Waals surface area contributed by atoms with E-state index in [-0.39, 0.29) is 11.7 Å². The molecule has 0 aliphatic carbocycles. The van der Waals surface area contributed by atoms with Gasteiger partial charge in [-0.3, -0.25) is 9.59 Å². The average Bonchev–Trinajstić information content (AvgIpc) is 2.86. The van der Waals surface area contributed by atoms with Crippen molar-refractivity contribution in [3.05, 3.63) is 71.5 Å². The van der Waals surface area contributed by atoms with Crippen molar-refractivity contribution < 1.29 is 24.9 Å². The number of aliphatic hydroxyl groups is 2. The van der Waals surface area contributed by atoms with Crippen LogP contribution in [-0.2, 0) is 9.59 Å². The highest BCUT2D eigenvalue weighted by Crippen LogP contribution is 2.31. The molecule has 0 saturated carbocycles. The number of hydrogen-bond acceptors (Lipinski definition) is 5. The van der Waals surface area contributed by atoms with Gasteiger partial charge in [-0.2, -0.15) is 0 Å². The Bertz CT molecular complexity index is 1190. The van der Waals surface area contributed by atoms with E-state index in [1.54, 1.807) is 6.92 Å². The van der Waals surface area contributed by atoms with Gasteiger partial charge in [0.25, 0.3) is 0 Å². The van der Waals surface area contributed by atoms with E-state index in [4.69, 9.17) is 10.1 Å². The molecule has 1 aromatic heterocycles. The third kappa shape index (κ3) is 9.03. The SMILES string of the molecule is C/C(=C/CC/C(C)=C/c1ccc2ccccc2n1)C/C=C/[C@H](C)[C@H](O)[C@@H](C)C(=O)C(C)(C)[C@@H](O)CC(=O)O. The first kappa shape index (κ1) is 31.1. The Morgan fingerprint density at radius 1 is 1.03 bits per heavy atom. The van der Waals surface area contributed by atoms with Crippen LogP contribution in [0.3, 0.4) is 0 Å².